The summed E-state index contributed by atoms with van der Waals surface area (Å²) < 4.78 is 39.0. The second kappa shape index (κ2) is 26.9. The van der Waals surface area contributed by atoms with Gasteiger partial charge in [-0.05, 0) is 37.5 Å². The van der Waals surface area contributed by atoms with E-state index in [1.165, 1.54) is 77.0 Å². The van der Waals surface area contributed by atoms with E-state index < -0.39 is 7.25 Å². The van der Waals surface area contributed by atoms with Gasteiger partial charge in [0.25, 0.3) is 0 Å². The molecule has 0 bridgehead atoms. The van der Waals surface area contributed by atoms with E-state index in [0.29, 0.717) is 13.2 Å². The molecule has 181 valence electrons. The third-order valence-electron chi connectivity index (χ3n) is 4.99. The molecule has 29 heavy (non-hydrogen) atoms. The van der Waals surface area contributed by atoms with E-state index in [0.717, 1.165) is 31.8 Å². The van der Waals surface area contributed by atoms with Crippen LogP contribution in [0.25, 0.3) is 0 Å². The van der Waals surface area contributed by atoms with Crippen molar-refractivity contribution < 1.29 is 71.5 Å². The van der Waals surface area contributed by atoms with E-state index in [9.17, 15) is 17.3 Å². The van der Waals surface area contributed by atoms with Gasteiger partial charge in [-0.1, -0.05) is 64.2 Å². The minimum Gasteiger partial charge on any atom is -0.418 e. The summed E-state index contributed by atoms with van der Waals surface area (Å²) in [5, 5.41) is 24.2. The van der Waals surface area contributed by atoms with Crippen LogP contribution < -0.4 is 0 Å². The van der Waals surface area contributed by atoms with Crippen LogP contribution in [0.1, 0.15) is 89.9 Å². The smallest absolute Gasteiger partial charge is 0.418 e. The van der Waals surface area contributed by atoms with Crippen molar-refractivity contribution in [1.82, 2.24) is 0 Å². The van der Waals surface area contributed by atoms with Crippen molar-refractivity contribution in [1.29, 1.82) is 0 Å². The first-order valence-corrected chi connectivity index (χ1v) is 10.4. The predicted octanol–water partition coefficient (Wildman–Crippen LogP) is 5.58. The van der Waals surface area contributed by atoms with Crippen LogP contribution in [-0.4, -0.2) is 42.9 Å². The van der Waals surface area contributed by atoms with E-state index in [2.05, 4.69) is 0 Å². The van der Waals surface area contributed by atoms with E-state index in [1.54, 1.807) is 0 Å². The minimum atomic E-state index is -6.00. The van der Waals surface area contributed by atoms with Gasteiger partial charge in [-0.25, -0.2) is 0 Å². The number of hydrogen-bond acceptors (Lipinski definition) is 3. The summed E-state index contributed by atoms with van der Waals surface area (Å²) in [6.45, 7) is 0.771. The average Bonchev–Trinajstić information content (AvgIpc) is 2.67. The second-order valence-electron chi connectivity index (χ2n) is 7.23. The van der Waals surface area contributed by atoms with Crippen molar-refractivity contribution in [3.63, 3.8) is 0 Å². The molecule has 0 amide bonds. The Kier molecular flexibility index (Phi) is 34.6. The molecule has 2 fully saturated rings. The Labute approximate surface area is 200 Å². The molecule has 2 aliphatic carbocycles. The van der Waals surface area contributed by atoms with E-state index in [1.807, 2.05) is 0 Å². The molecule has 0 aromatic heterocycles. The molecule has 0 saturated heterocycles. The first-order valence-electron chi connectivity index (χ1n) is 10.4. The van der Waals surface area contributed by atoms with Crippen molar-refractivity contribution >= 4 is 7.25 Å². The number of hydrogen-bond donors (Lipinski definition) is 3. The molecule has 0 heterocycles. The Morgan fingerprint density at radius 2 is 0.897 bits per heavy atom. The van der Waals surface area contributed by atoms with Crippen molar-refractivity contribution in [3.05, 3.63) is 0 Å². The SMILES string of the molecule is CO.F[B-](F)(F)F.OCCCC1CCCCC1.OCCCC1CCCCC1.[Ru+].[Ru]. The van der Waals surface area contributed by atoms with E-state index in [4.69, 9.17) is 15.3 Å². The summed E-state index contributed by atoms with van der Waals surface area (Å²) in [6.07, 6.45) is 18.8. The second-order valence-corrected chi connectivity index (χ2v) is 7.23. The van der Waals surface area contributed by atoms with Gasteiger partial charge in [0, 0.05) is 39.8 Å². The van der Waals surface area contributed by atoms with E-state index in [-0.39, 0.29) is 39.0 Å². The molecule has 0 spiro atoms. The first kappa shape index (κ1) is 37.2. The molecule has 3 N–H and O–H groups in total. The normalized spacial score (nSPS) is 17.0. The van der Waals surface area contributed by atoms with Crippen LogP contribution in [0.2, 0.25) is 0 Å². The molecule has 2 rings (SSSR count). The van der Waals surface area contributed by atoms with Crippen LogP contribution >= 0.6 is 0 Å². The Morgan fingerprint density at radius 3 is 1.10 bits per heavy atom. The maximum atomic E-state index is 9.75. The number of rotatable bonds is 6. The van der Waals surface area contributed by atoms with Gasteiger partial charge in [0.05, 0.1) is 0 Å². The molecule has 0 unspecified atom stereocenters. The summed E-state index contributed by atoms with van der Waals surface area (Å²) in [5.41, 5.74) is 0. The molecule has 1 radical (unpaired) electrons. The van der Waals surface area contributed by atoms with Crippen LogP contribution in [0, 0.1) is 11.8 Å². The first-order chi connectivity index (χ1) is 12.9. The molecule has 2 saturated carbocycles. The fourth-order valence-electron chi connectivity index (χ4n) is 3.71. The number of aliphatic hydroxyl groups is 3. The number of aliphatic hydroxyl groups excluding tert-OH is 3. The van der Waals surface area contributed by atoms with Crippen molar-refractivity contribution in [2.75, 3.05) is 20.3 Å². The summed E-state index contributed by atoms with van der Waals surface area (Å²) in [5.74, 6) is 1.89. The van der Waals surface area contributed by atoms with Gasteiger partial charge in [-0.3, -0.25) is 0 Å². The van der Waals surface area contributed by atoms with Crippen LogP contribution in [0.5, 0.6) is 0 Å². The Bertz CT molecular complexity index is 265. The Hall–Kier alpha value is 0.912. The molecule has 3 nitrogen and oxygen atoms in total. The van der Waals surface area contributed by atoms with Gasteiger partial charge >= 0.3 is 26.7 Å². The van der Waals surface area contributed by atoms with Gasteiger partial charge in [0.15, 0.2) is 0 Å². The average molecular weight is 605 g/mol. The molecule has 0 aromatic rings. The van der Waals surface area contributed by atoms with Crippen LogP contribution in [0.4, 0.5) is 17.3 Å². The summed E-state index contributed by atoms with van der Waals surface area (Å²) >= 11 is 0. The fourth-order valence-corrected chi connectivity index (χ4v) is 3.71. The summed E-state index contributed by atoms with van der Waals surface area (Å²) in [7, 11) is -5.00. The molecule has 2 aliphatic rings. The topological polar surface area (TPSA) is 60.7 Å². The molecule has 10 heteroatoms. The monoisotopic (exact) mass is 607 g/mol. The van der Waals surface area contributed by atoms with Crippen molar-refractivity contribution in [3.8, 4) is 0 Å². The Balaban J connectivity index is -0.000000157. The molecule has 0 aliphatic heterocycles. The van der Waals surface area contributed by atoms with Gasteiger partial charge in [0.1, 0.15) is 0 Å². The standard InChI is InChI=1S/2C9H18O.CH4O.BF4.2Ru/c2*10-8-4-7-9-5-2-1-3-6-9;1-2;2-1(3,4)5;;/h2*9-10H,1-8H2;2H,1H3;;;/q;;;-1;;+1. The van der Waals surface area contributed by atoms with E-state index >= 15 is 0 Å². The largest absolute Gasteiger partial charge is 1.00 e. The van der Waals surface area contributed by atoms with Crippen molar-refractivity contribution in [2.24, 2.45) is 11.8 Å². The Morgan fingerprint density at radius 1 is 0.655 bits per heavy atom. The van der Waals surface area contributed by atoms with Gasteiger partial charge in [0.2, 0.25) is 0 Å². The zero-order valence-corrected chi connectivity index (χ0v) is 21.1. The maximum absolute atomic E-state index is 9.75. The zero-order chi connectivity index (χ0) is 21.0. The van der Waals surface area contributed by atoms with Crippen LogP contribution in [-0.2, 0) is 39.0 Å². The fraction of sp³-hybridized carbons (Fsp3) is 1.00. The molecular formula is C19H40BF4O3Ru2. The van der Waals surface area contributed by atoms with Gasteiger partial charge in [-0.2, -0.15) is 0 Å². The zero-order valence-electron chi connectivity index (χ0n) is 17.6. The van der Waals surface area contributed by atoms with Crippen LogP contribution in [0.3, 0.4) is 0 Å². The quantitative estimate of drug-likeness (QED) is 0.274. The number of halogens is 4. The summed E-state index contributed by atoms with van der Waals surface area (Å²) in [6, 6.07) is 0. The van der Waals surface area contributed by atoms with Crippen molar-refractivity contribution in [2.45, 2.75) is 89.9 Å². The third-order valence-corrected chi connectivity index (χ3v) is 4.99. The molecule has 0 aromatic carbocycles. The molecular weight excluding hydrogens is 565 g/mol. The third kappa shape index (κ3) is 33.7. The summed E-state index contributed by atoms with van der Waals surface area (Å²) in [4.78, 5) is 0. The molecule has 0 atom stereocenters. The van der Waals surface area contributed by atoms with Crippen LogP contribution in [0.15, 0.2) is 0 Å². The predicted molar refractivity (Wildman–Crippen MR) is 104 cm³/mol. The minimum absolute atomic E-state index is 0. The maximum Gasteiger partial charge on any atom is 1.00 e. The van der Waals surface area contributed by atoms with Gasteiger partial charge in [-0.15, -0.1) is 0 Å². The van der Waals surface area contributed by atoms with Gasteiger partial charge < -0.3 is 32.6 Å².